The van der Waals surface area contributed by atoms with Crippen molar-refractivity contribution in [3.05, 3.63) is 42.5 Å². The number of alkyl halides is 2. The van der Waals surface area contributed by atoms with E-state index in [1.54, 1.807) is 36.4 Å². The Morgan fingerprint density at radius 1 is 1.29 bits per heavy atom. The molecule has 4 aromatic heterocycles. The number of hydrogen-bond acceptors (Lipinski definition) is 6. The topological polar surface area (TPSA) is 109 Å². The highest BCUT2D eigenvalue weighted by Gasteiger charge is 2.24. The maximum Gasteiger partial charge on any atom is 0.262 e. The molecule has 0 bridgehead atoms. The number of methoxy groups -OCH3 is 1. The Balaban J connectivity index is 1.38. The molecule has 1 saturated carbocycles. The third kappa shape index (κ3) is 4.95. The van der Waals surface area contributed by atoms with E-state index in [9.17, 15) is 13.6 Å². The van der Waals surface area contributed by atoms with Gasteiger partial charge in [0.1, 0.15) is 5.65 Å². The zero-order chi connectivity index (χ0) is 24.6. The lowest BCUT2D eigenvalue weighted by atomic mass is 9.93. The smallest absolute Gasteiger partial charge is 0.262 e. The number of hydrogen-bond donors (Lipinski definition) is 3. The molecule has 0 atom stereocenters. The molecule has 0 unspecified atom stereocenters. The monoisotopic (exact) mass is 483 g/mol. The van der Waals surface area contributed by atoms with Crippen LogP contribution in [0.25, 0.3) is 27.7 Å². The fraction of sp³-hybridized carbons (Fsp3) is 0.417. The molecule has 4 aromatic rings. The molecule has 3 N–H and O–H groups in total. The van der Waals surface area contributed by atoms with Crippen molar-refractivity contribution < 1.29 is 18.3 Å². The van der Waals surface area contributed by atoms with Gasteiger partial charge in [-0.1, -0.05) is 0 Å². The average molecular weight is 484 g/mol. The molecule has 1 aliphatic rings. The number of carbonyl (C=O) groups excluding carboxylic acids is 1. The minimum atomic E-state index is -2.87. The lowest BCUT2D eigenvalue weighted by molar-refractivity contribution is 0.0366. The van der Waals surface area contributed by atoms with E-state index in [1.807, 2.05) is 12.1 Å². The molecule has 1 fully saturated rings. The Kier molecular flexibility index (Phi) is 6.10. The highest BCUT2D eigenvalue weighted by atomic mass is 19.3. The number of aromatic nitrogens is 5. The second-order valence-electron chi connectivity index (χ2n) is 9.07. The summed E-state index contributed by atoms with van der Waals surface area (Å²) in [5, 5.41) is 10.8. The SMILES string of the molecule is COC1CCC(NC(=O)c2cnn3ccc(-c4c[nH]c5nc(NCC(C)(F)F)ncc45)cc23)CC1. The summed E-state index contributed by atoms with van der Waals surface area (Å²) in [7, 11) is 1.73. The maximum atomic E-state index is 13.1. The molecule has 184 valence electrons. The first-order chi connectivity index (χ1) is 16.8. The molecule has 35 heavy (non-hydrogen) atoms. The molecule has 4 heterocycles. The highest BCUT2D eigenvalue weighted by molar-refractivity contribution is 6.02. The fourth-order valence-corrected chi connectivity index (χ4v) is 4.49. The van der Waals surface area contributed by atoms with Gasteiger partial charge in [-0.15, -0.1) is 0 Å². The van der Waals surface area contributed by atoms with E-state index in [4.69, 9.17) is 4.74 Å². The van der Waals surface area contributed by atoms with Crippen molar-refractivity contribution in [2.75, 3.05) is 19.0 Å². The van der Waals surface area contributed by atoms with E-state index in [2.05, 4.69) is 30.7 Å². The van der Waals surface area contributed by atoms with Gasteiger partial charge in [0, 0.05) is 49.6 Å². The lowest BCUT2D eigenvalue weighted by Gasteiger charge is -2.28. The van der Waals surface area contributed by atoms with Gasteiger partial charge < -0.3 is 20.4 Å². The number of H-pyrrole nitrogens is 1. The standard InChI is InChI=1S/C24H27F2N7O2/c1-24(25,26)13-29-23-28-11-18-17(10-27-21(18)32-23)14-7-8-33-20(9-14)19(12-30-33)22(34)31-15-3-5-16(35-2)6-4-15/h7-12,15-16H,3-6,13H2,1-2H3,(H,31,34)(H2,27,28,29,32). The molecule has 0 aromatic carbocycles. The van der Waals surface area contributed by atoms with Crippen LogP contribution in [0.4, 0.5) is 14.7 Å². The Bertz CT molecular complexity index is 1350. The quantitative estimate of drug-likeness (QED) is 0.366. The molecular formula is C24H27F2N7O2. The van der Waals surface area contributed by atoms with Gasteiger partial charge in [0.05, 0.1) is 29.9 Å². The predicted octanol–water partition coefficient (Wildman–Crippen LogP) is 4.03. The van der Waals surface area contributed by atoms with Crippen LogP contribution in [-0.4, -0.2) is 62.2 Å². The van der Waals surface area contributed by atoms with Gasteiger partial charge in [-0.2, -0.15) is 10.1 Å². The van der Waals surface area contributed by atoms with Gasteiger partial charge >= 0.3 is 0 Å². The van der Waals surface area contributed by atoms with Crippen LogP contribution in [0.1, 0.15) is 43.0 Å². The number of nitrogens with zero attached hydrogens (tertiary/aromatic N) is 4. The number of halogens is 2. The molecule has 11 heteroatoms. The normalized spacial score (nSPS) is 18.7. The van der Waals surface area contributed by atoms with Gasteiger partial charge in [-0.25, -0.2) is 18.3 Å². The number of aromatic amines is 1. The molecule has 1 amide bonds. The number of rotatable bonds is 7. The Morgan fingerprint density at radius 2 is 2.09 bits per heavy atom. The van der Waals surface area contributed by atoms with Crippen molar-refractivity contribution in [3.63, 3.8) is 0 Å². The van der Waals surface area contributed by atoms with Crippen molar-refractivity contribution >= 4 is 28.4 Å². The van der Waals surface area contributed by atoms with Crippen LogP contribution in [0.15, 0.2) is 36.9 Å². The summed E-state index contributed by atoms with van der Waals surface area (Å²) in [4.78, 5) is 24.6. The first-order valence-electron chi connectivity index (χ1n) is 11.6. The first-order valence-corrected chi connectivity index (χ1v) is 11.6. The van der Waals surface area contributed by atoms with E-state index in [1.165, 1.54) is 0 Å². The highest BCUT2D eigenvalue weighted by Crippen LogP contribution is 2.30. The van der Waals surface area contributed by atoms with Gasteiger partial charge in [-0.05, 0) is 43.4 Å². The van der Waals surface area contributed by atoms with E-state index >= 15 is 0 Å². The first kappa shape index (κ1) is 23.2. The zero-order valence-electron chi connectivity index (χ0n) is 19.5. The summed E-state index contributed by atoms with van der Waals surface area (Å²) in [6, 6.07) is 3.91. The number of anilines is 1. The largest absolute Gasteiger partial charge is 0.381 e. The van der Waals surface area contributed by atoms with Crippen LogP contribution in [0, 0.1) is 0 Å². The molecule has 0 radical (unpaired) electrons. The zero-order valence-corrected chi connectivity index (χ0v) is 19.5. The Labute approximate surface area is 200 Å². The van der Waals surface area contributed by atoms with Crippen LogP contribution in [0.5, 0.6) is 0 Å². The minimum absolute atomic E-state index is 0.119. The van der Waals surface area contributed by atoms with E-state index in [-0.39, 0.29) is 24.0 Å². The second kappa shape index (κ2) is 9.21. The van der Waals surface area contributed by atoms with Crippen molar-refractivity contribution in [3.8, 4) is 11.1 Å². The molecule has 5 rings (SSSR count). The number of ether oxygens (including phenoxy) is 1. The number of pyridine rings is 1. The van der Waals surface area contributed by atoms with Gasteiger partial charge in [-0.3, -0.25) is 4.79 Å². The van der Waals surface area contributed by atoms with Crippen molar-refractivity contribution in [1.29, 1.82) is 0 Å². The number of amides is 1. The van der Waals surface area contributed by atoms with Crippen molar-refractivity contribution in [2.45, 2.75) is 50.7 Å². The number of fused-ring (bicyclic) bond motifs is 2. The summed E-state index contributed by atoms with van der Waals surface area (Å²) in [5.41, 5.74) is 3.40. The van der Waals surface area contributed by atoms with Crippen LogP contribution >= 0.6 is 0 Å². The van der Waals surface area contributed by atoms with E-state index < -0.39 is 12.5 Å². The second-order valence-corrected chi connectivity index (χ2v) is 9.07. The number of carbonyl (C=O) groups is 1. The number of nitrogens with one attached hydrogen (secondary N) is 3. The molecular weight excluding hydrogens is 456 g/mol. The third-order valence-electron chi connectivity index (χ3n) is 6.41. The van der Waals surface area contributed by atoms with Gasteiger partial charge in [0.2, 0.25) is 5.95 Å². The van der Waals surface area contributed by atoms with Crippen LogP contribution in [0.2, 0.25) is 0 Å². The van der Waals surface area contributed by atoms with Gasteiger partial charge in [0.15, 0.2) is 0 Å². The molecule has 9 nitrogen and oxygen atoms in total. The summed E-state index contributed by atoms with van der Waals surface area (Å²) in [6.45, 7) is 0.279. The fourth-order valence-electron chi connectivity index (χ4n) is 4.49. The van der Waals surface area contributed by atoms with Crippen LogP contribution < -0.4 is 10.6 Å². The maximum absolute atomic E-state index is 13.1. The lowest BCUT2D eigenvalue weighted by Crippen LogP contribution is -2.38. The van der Waals surface area contributed by atoms with Crippen LogP contribution in [0.3, 0.4) is 0 Å². The summed E-state index contributed by atoms with van der Waals surface area (Å²) < 4.78 is 33.3. The van der Waals surface area contributed by atoms with Crippen LogP contribution in [-0.2, 0) is 4.74 Å². The van der Waals surface area contributed by atoms with Crippen molar-refractivity contribution in [1.82, 2.24) is 29.9 Å². The van der Waals surface area contributed by atoms with Crippen molar-refractivity contribution in [2.24, 2.45) is 0 Å². The summed E-state index contributed by atoms with van der Waals surface area (Å²) in [5.74, 6) is -2.89. The molecule has 0 aliphatic heterocycles. The third-order valence-corrected chi connectivity index (χ3v) is 6.41. The molecule has 1 aliphatic carbocycles. The Morgan fingerprint density at radius 3 is 2.83 bits per heavy atom. The molecule has 0 saturated heterocycles. The Hall–Kier alpha value is -3.60. The van der Waals surface area contributed by atoms with E-state index in [0.717, 1.165) is 49.1 Å². The average Bonchev–Trinajstić information content (AvgIpc) is 3.46. The predicted molar refractivity (Wildman–Crippen MR) is 128 cm³/mol. The molecule has 0 spiro atoms. The summed E-state index contributed by atoms with van der Waals surface area (Å²) in [6.07, 6.45) is 10.7. The van der Waals surface area contributed by atoms with E-state index in [0.29, 0.717) is 16.7 Å². The van der Waals surface area contributed by atoms with Gasteiger partial charge in [0.25, 0.3) is 11.8 Å². The minimum Gasteiger partial charge on any atom is -0.381 e. The summed E-state index contributed by atoms with van der Waals surface area (Å²) >= 11 is 0.